The number of pyridine rings is 1. The Bertz CT molecular complexity index is 319. The van der Waals surface area contributed by atoms with Gasteiger partial charge < -0.3 is 5.32 Å². The molecule has 1 saturated carbocycles. The molecule has 1 aromatic rings. The molecule has 1 N–H and O–H groups in total. The summed E-state index contributed by atoms with van der Waals surface area (Å²) in [6.45, 7) is 0. The fourth-order valence-corrected chi connectivity index (χ4v) is 1.50. The normalized spacial score (nSPS) is 18.6. The number of anilines is 1. The summed E-state index contributed by atoms with van der Waals surface area (Å²) in [7, 11) is 0. The number of nitrogens with one attached hydrogen (secondary N) is 1. The van der Waals surface area contributed by atoms with E-state index >= 15 is 0 Å². The topological polar surface area (TPSA) is 24.9 Å². The largest absolute Gasteiger partial charge is 0.408 e. The molecule has 1 fully saturated rings. The molecule has 0 aliphatic heterocycles. The smallest absolute Gasteiger partial charge is 0.358 e. The summed E-state index contributed by atoms with van der Waals surface area (Å²) in [5, 5.41) is 2.44. The minimum atomic E-state index is -4.20. The molecule has 1 aliphatic carbocycles. The van der Waals surface area contributed by atoms with E-state index < -0.39 is 12.2 Å². The molecular weight excluding hydrogens is 205 g/mol. The van der Waals surface area contributed by atoms with Gasteiger partial charge in [-0.2, -0.15) is 13.2 Å². The van der Waals surface area contributed by atoms with E-state index in [9.17, 15) is 13.2 Å². The molecule has 0 aromatic carbocycles. The van der Waals surface area contributed by atoms with Crippen LogP contribution in [-0.2, 0) is 0 Å². The Morgan fingerprint density at radius 3 is 2.53 bits per heavy atom. The minimum absolute atomic E-state index is 0.284. The number of rotatable bonds is 3. The molecule has 0 amide bonds. The zero-order chi connectivity index (χ0) is 10.9. The predicted molar refractivity (Wildman–Crippen MR) is 50.4 cm³/mol. The Hall–Kier alpha value is -1.26. The van der Waals surface area contributed by atoms with Gasteiger partial charge in [-0.15, -0.1) is 0 Å². The lowest BCUT2D eigenvalue weighted by atomic mass is 10.2. The van der Waals surface area contributed by atoms with Gasteiger partial charge in [-0.3, -0.25) is 0 Å². The molecule has 2 nitrogen and oxygen atoms in total. The van der Waals surface area contributed by atoms with Crippen molar-refractivity contribution in [3.05, 3.63) is 24.4 Å². The molecule has 5 heteroatoms. The first-order valence-corrected chi connectivity index (χ1v) is 4.81. The molecule has 82 valence electrons. The zero-order valence-electron chi connectivity index (χ0n) is 7.96. The van der Waals surface area contributed by atoms with E-state index in [1.54, 1.807) is 18.2 Å². The fraction of sp³-hybridized carbons (Fsp3) is 0.500. The Kier molecular flexibility index (Phi) is 2.54. The lowest BCUT2D eigenvalue weighted by Gasteiger charge is -2.21. The van der Waals surface area contributed by atoms with Crippen LogP contribution in [0.4, 0.5) is 19.0 Å². The van der Waals surface area contributed by atoms with E-state index in [-0.39, 0.29) is 11.7 Å². The summed E-state index contributed by atoms with van der Waals surface area (Å²) < 4.78 is 37.8. The molecule has 15 heavy (non-hydrogen) atoms. The number of aromatic nitrogens is 1. The average molecular weight is 216 g/mol. The van der Waals surface area contributed by atoms with E-state index in [1.165, 1.54) is 6.20 Å². The maximum absolute atomic E-state index is 12.6. The van der Waals surface area contributed by atoms with Gasteiger partial charge in [-0.25, -0.2) is 4.98 Å². The van der Waals surface area contributed by atoms with Crippen LogP contribution in [0, 0.1) is 5.92 Å². The first-order valence-electron chi connectivity index (χ1n) is 4.81. The van der Waals surface area contributed by atoms with Crippen molar-refractivity contribution in [1.29, 1.82) is 0 Å². The highest BCUT2D eigenvalue weighted by Crippen LogP contribution is 2.41. The average Bonchev–Trinajstić information content (AvgIpc) is 2.97. The van der Waals surface area contributed by atoms with Gasteiger partial charge in [0.25, 0.3) is 0 Å². The van der Waals surface area contributed by atoms with E-state index in [4.69, 9.17) is 0 Å². The molecule has 1 aromatic heterocycles. The van der Waals surface area contributed by atoms with Crippen molar-refractivity contribution in [2.45, 2.75) is 25.1 Å². The van der Waals surface area contributed by atoms with Crippen molar-refractivity contribution in [1.82, 2.24) is 4.98 Å². The molecule has 1 heterocycles. The summed E-state index contributed by atoms with van der Waals surface area (Å²) in [5.41, 5.74) is 0. The van der Waals surface area contributed by atoms with Gasteiger partial charge in [0, 0.05) is 6.20 Å². The third-order valence-electron chi connectivity index (χ3n) is 2.41. The van der Waals surface area contributed by atoms with Crippen molar-refractivity contribution in [3.63, 3.8) is 0 Å². The van der Waals surface area contributed by atoms with Crippen molar-refractivity contribution < 1.29 is 13.2 Å². The lowest BCUT2D eigenvalue weighted by Crippen LogP contribution is -2.38. The van der Waals surface area contributed by atoms with Crippen molar-refractivity contribution in [2.75, 3.05) is 5.32 Å². The van der Waals surface area contributed by atoms with Crippen LogP contribution in [-0.4, -0.2) is 17.2 Å². The van der Waals surface area contributed by atoms with Crippen LogP contribution in [0.2, 0.25) is 0 Å². The Balaban J connectivity index is 2.07. The third kappa shape index (κ3) is 2.61. The van der Waals surface area contributed by atoms with Crippen LogP contribution in [0.1, 0.15) is 12.8 Å². The van der Waals surface area contributed by atoms with Crippen molar-refractivity contribution >= 4 is 5.82 Å². The molecule has 0 radical (unpaired) electrons. The second-order valence-electron chi connectivity index (χ2n) is 3.72. The molecule has 0 bridgehead atoms. The van der Waals surface area contributed by atoms with E-state index in [1.807, 2.05) is 0 Å². The molecule has 1 unspecified atom stereocenters. The standard InChI is InChI=1S/C10H11F3N2/c11-10(12,13)9(7-4-5-7)15-8-3-1-2-6-14-8/h1-3,6-7,9H,4-5H2,(H,14,15). The van der Waals surface area contributed by atoms with Crippen LogP contribution in [0.25, 0.3) is 0 Å². The van der Waals surface area contributed by atoms with Crippen LogP contribution in [0.15, 0.2) is 24.4 Å². The maximum atomic E-state index is 12.6. The van der Waals surface area contributed by atoms with Crippen LogP contribution < -0.4 is 5.32 Å². The van der Waals surface area contributed by atoms with Gasteiger partial charge in [-0.05, 0) is 30.9 Å². The highest BCUT2D eigenvalue weighted by atomic mass is 19.4. The van der Waals surface area contributed by atoms with Gasteiger partial charge in [0.1, 0.15) is 11.9 Å². The molecule has 0 saturated heterocycles. The predicted octanol–water partition coefficient (Wildman–Crippen LogP) is 2.83. The van der Waals surface area contributed by atoms with Gasteiger partial charge in [0.15, 0.2) is 0 Å². The number of alkyl halides is 3. The molecule has 1 atom stereocenters. The van der Waals surface area contributed by atoms with Crippen LogP contribution in [0.3, 0.4) is 0 Å². The minimum Gasteiger partial charge on any atom is -0.358 e. The first kappa shape index (κ1) is 10.3. The molecule has 0 spiro atoms. The molecular formula is C10H11F3N2. The van der Waals surface area contributed by atoms with Gasteiger partial charge in [0.2, 0.25) is 0 Å². The first-order chi connectivity index (χ1) is 7.07. The third-order valence-corrected chi connectivity index (χ3v) is 2.41. The highest BCUT2D eigenvalue weighted by Gasteiger charge is 2.48. The number of nitrogens with zero attached hydrogens (tertiary/aromatic N) is 1. The Morgan fingerprint density at radius 1 is 1.33 bits per heavy atom. The van der Waals surface area contributed by atoms with Crippen molar-refractivity contribution in [2.24, 2.45) is 5.92 Å². The Labute approximate surface area is 85.5 Å². The highest BCUT2D eigenvalue weighted by molar-refractivity contribution is 5.35. The zero-order valence-corrected chi connectivity index (χ0v) is 7.96. The summed E-state index contributed by atoms with van der Waals surface area (Å²) in [6, 6.07) is 3.43. The summed E-state index contributed by atoms with van der Waals surface area (Å²) in [6.07, 6.45) is -1.44. The second kappa shape index (κ2) is 3.72. The monoisotopic (exact) mass is 216 g/mol. The number of hydrogen-bond acceptors (Lipinski definition) is 2. The summed E-state index contributed by atoms with van der Waals surface area (Å²) in [5.74, 6) is -0.00117. The van der Waals surface area contributed by atoms with Crippen LogP contribution in [0.5, 0.6) is 0 Å². The summed E-state index contributed by atoms with van der Waals surface area (Å²) >= 11 is 0. The molecule has 2 rings (SSSR count). The molecule has 1 aliphatic rings. The number of halogens is 3. The maximum Gasteiger partial charge on any atom is 0.408 e. The van der Waals surface area contributed by atoms with Gasteiger partial charge in [0.05, 0.1) is 0 Å². The van der Waals surface area contributed by atoms with Crippen molar-refractivity contribution in [3.8, 4) is 0 Å². The second-order valence-corrected chi connectivity index (χ2v) is 3.72. The lowest BCUT2D eigenvalue weighted by molar-refractivity contribution is -0.146. The quantitative estimate of drug-likeness (QED) is 0.840. The van der Waals surface area contributed by atoms with Crippen LogP contribution >= 0.6 is 0 Å². The van der Waals surface area contributed by atoms with E-state index in [0.717, 1.165) is 0 Å². The SMILES string of the molecule is FC(F)(F)C(Nc1ccccn1)C1CC1. The van der Waals surface area contributed by atoms with Gasteiger partial charge in [-0.1, -0.05) is 6.07 Å². The van der Waals surface area contributed by atoms with E-state index in [2.05, 4.69) is 10.3 Å². The summed E-state index contributed by atoms with van der Waals surface area (Å²) in [4.78, 5) is 3.83. The Morgan fingerprint density at radius 2 is 2.07 bits per heavy atom. The van der Waals surface area contributed by atoms with Gasteiger partial charge >= 0.3 is 6.18 Å². The fourth-order valence-electron chi connectivity index (χ4n) is 1.50. The number of hydrogen-bond donors (Lipinski definition) is 1. The van der Waals surface area contributed by atoms with E-state index in [0.29, 0.717) is 12.8 Å².